The van der Waals surface area contributed by atoms with E-state index in [1.165, 1.54) is 51.9 Å². The van der Waals surface area contributed by atoms with Crippen LogP contribution in [0.2, 0.25) is 0 Å². The van der Waals surface area contributed by atoms with Crippen LogP contribution in [0.15, 0.2) is 0 Å². The zero-order valence-corrected chi connectivity index (χ0v) is 11.9. The predicted molar refractivity (Wildman–Crippen MR) is 74.2 cm³/mol. The predicted octanol–water partition coefficient (Wildman–Crippen LogP) is 2.74. The Bertz CT molecular complexity index is 211. The van der Waals surface area contributed by atoms with E-state index in [1.54, 1.807) is 0 Å². The fraction of sp³-hybridized carbons (Fsp3) is 1.00. The van der Waals surface area contributed by atoms with Gasteiger partial charge in [0.25, 0.3) is 0 Å². The normalized spacial score (nSPS) is 35.5. The lowest BCUT2D eigenvalue weighted by Crippen LogP contribution is -2.48. The fourth-order valence-electron chi connectivity index (χ4n) is 3.65. The standard InChI is InChI=1S/C15H30N2/c1-12-8-16-9-13(2)11-17(10-12)14(3)15-6-4-5-7-15/h12-16H,4-11H2,1-3H3. The van der Waals surface area contributed by atoms with Crippen LogP contribution < -0.4 is 5.32 Å². The maximum Gasteiger partial charge on any atom is 0.00954 e. The average molecular weight is 238 g/mol. The van der Waals surface area contributed by atoms with E-state index < -0.39 is 0 Å². The summed E-state index contributed by atoms with van der Waals surface area (Å²) in [6.45, 7) is 12.2. The fourth-order valence-corrected chi connectivity index (χ4v) is 3.65. The van der Waals surface area contributed by atoms with Gasteiger partial charge in [-0.2, -0.15) is 0 Å². The quantitative estimate of drug-likeness (QED) is 0.796. The SMILES string of the molecule is CC1CNCC(C)CN(C(C)C2CCCC2)C1. The van der Waals surface area contributed by atoms with Crippen molar-refractivity contribution in [2.24, 2.45) is 17.8 Å². The first kappa shape index (κ1) is 13.4. The second-order valence-electron chi connectivity index (χ2n) is 6.61. The van der Waals surface area contributed by atoms with Gasteiger partial charge in [-0.25, -0.2) is 0 Å². The Morgan fingerprint density at radius 1 is 1.00 bits per heavy atom. The minimum atomic E-state index is 0.798. The topological polar surface area (TPSA) is 15.3 Å². The van der Waals surface area contributed by atoms with Gasteiger partial charge in [-0.15, -0.1) is 0 Å². The lowest BCUT2D eigenvalue weighted by Gasteiger charge is -2.38. The van der Waals surface area contributed by atoms with Crippen LogP contribution in [0, 0.1) is 17.8 Å². The molecule has 1 saturated heterocycles. The van der Waals surface area contributed by atoms with Gasteiger partial charge in [0.05, 0.1) is 0 Å². The summed E-state index contributed by atoms with van der Waals surface area (Å²) in [6.07, 6.45) is 5.88. The summed E-state index contributed by atoms with van der Waals surface area (Å²) in [4.78, 5) is 2.78. The first-order chi connectivity index (χ1) is 8.16. The molecule has 3 unspecified atom stereocenters. The monoisotopic (exact) mass is 238 g/mol. The van der Waals surface area contributed by atoms with Crippen molar-refractivity contribution in [2.75, 3.05) is 26.2 Å². The van der Waals surface area contributed by atoms with E-state index in [-0.39, 0.29) is 0 Å². The van der Waals surface area contributed by atoms with Crippen LogP contribution in [-0.2, 0) is 0 Å². The highest BCUT2D eigenvalue weighted by molar-refractivity contribution is 4.83. The zero-order chi connectivity index (χ0) is 12.3. The Balaban J connectivity index is 1.94. The van der Waals surface area contributed by atoms with Crippen molar-refractivity contribution in [1.82, 2.24) is 10.2 Å². The molecule has 0 aromatic carbocycles. The molecule has 2 nitrogen and oxygen atoms in total. The zero-order valence-electron chi connectivity index (χ0n) is 11.9. The van der Waals surface area contributed by atoms with Gasteiger partial charge in [0, 0.05) is 19.1 Å². The second kappa shape index (κ2) is 6.19. The molecule has 0 bridgehead atoms. The van der Waals surface area contributed by atoms with Crippen molar-refractivity contribution in [1.29, 1.82) is 0 Å². The molecule has 0 aromatic rings. The molecule has 0 aromatic heterocycles. The molecule has 2 aliphatic rings. The molecular formula is C15H30N2. The molecule has 17 heavy (non-hydrogen) atoms. The average Bonchev–Trinajstić information content (AvgIpc) is 2.78. The van der Waals surface area contributed by atoms with Crippen LogP contribution in [0.5, 0.6) is 0 Å². The van der Waals surface area contributed by atoms with Gasteiger partial charge in [0.15, 0.2) is 0 Å². The second-order valence-corrected chi connectivity index (χ2v) is 6.61. The summed E-state index contributed by atoms with van der Waals surface area (Å²) in [5, 5.41) is 3.59. The van der Waals surface area contributed by atoms with Crippen LogP contribution in [0.1, 0.15) is 46.5 Å². The van der Waals surface area contributed by atoms with Crippen molar-refractivity contribution in [3.05, 3.63) is 0 Å². The third kappa shape index (κ3) is 3.69. The van der Waals surface area contributed by atoms with Crippen LogP contribution in [0.25, 0.3) is 0 Å². The smallest absolute Gasteiger partial charge is 0.00954 e. The molecule has 0 amide bonds. The number of nitrogens with zero attached hydrogens (tertiary/aromatic N) is 1. The lowest BCUT2D eigenvalue weighted by atomic mass is 9.95. The highest BCUT2D eigenvalue weighted by atomic mass is 15.2. The Morgan fingerprint density at radius 2 is 1.53 bits per heavy atom. The summed E-state index contributed by atoms with van der Waals surface area (Å²) in [5.41, 5.74) is 0. The van der Waals surface area contributed by atoms with Gasteiger partial charge in [0.1, 0.15) is 0 Å². The van der Waals surface area contributed by atoms with Crippen LogP contribution >= 0.6 is 0 Å². The molecule has 1 N–H and O–H groups in total. The van der Waals surface area contributed by atoms with Gasteiger partial charge in [-0.1, -0.05) is 26.7 Å². The van der Waals surface area contributed by atoms with E-state index in [4.69, 9.17) is 0 Å². The Labute approximate surface area is 107 Å². The minimum absolute atomic E-state index is 0.798. The maximum absolute atomic E-state index is 3.59. The van der Waals surface area contributed by atoms with Crippen LogP contribution in [0.4, 0.5) is 0 Å². The Morgan fingerprint density at radius 3 is 2.06 bits per heavy atom. The van der Waals surface area contributed by atoms with E-state index in [9.17, 15) is 0 Å². The summed E-state index contributed by atoms with van der Waals surface area (Å²) in [6, 6.07) is 0.806. The van der Waals surface area contributed by atoms with Crippen molar-refractivity contribution >= 4 is 0 Å². The summed E-state index contributed by atoms with van der Waals surface area (Å²) in [5.74, 6) is 2.57. The van der Waals surface area contributed by atoms with Gasteiger partial charge in [-0.3, -0.25) is 4.90 Å². The highest BCUT2D eigenvalue weighted by Crippen LogP contribution is 2.31. The number of nitrogens with one attached hydrogen (secondary N) is 1. The van der Waals surface area contributed by atoms with Crippen molar-refractivity contribution in [2.45, 2.75) is 52.5 Å². The molecular weight excluding hydrogens is 208 g/mol. The van der Waals surface area contributed by atoms with Gasteiger partial charge < -0.3 is 5.32 Å². The molecule has 0 spiro atoms. The van der Waals surface area contributed by atoms with E-state index in [1.807, 2.05) is 0 Å². The van der Waals surface area contributed by atoms with Gasteiger partial charge in [-0.05, 0) is 50.6 Å². The van der Waals surface area contributed by atoms with Crippen LogP contribution in [0.3, 0.4) is 0 Å². The van der Waals surface area contributed by atoms with E-state index in [0.717, 1.165) is 23.8 Å². The molecule has 3 atom stereocenters. The van der Waals surface area contributed by atoms with Crippen molar-refractivity contribution < 1.29 is 0 Å². The van der Waals surface area contributed by atoms with Gasteiger partial charge in [0.2, 0.25) is 0 Å². The largest absolute Gasteiger partial charge is 0.316 e. The first-order valence-corrected chi connectivity index (χ1v) is 7.61. The third-order valence-corrected chi connectivity index (χ3v) is 4.74. The third-order valence-electron chi connectivity index (χ3n) is 4.74. The molecule has 1 heterocycles. The van der Waals surface area contributed by atoms with Crippen molar-refractivity contribution in [3.8, 4) is 0 Å². The number of hydrogen-bond donors (Lipinski definition) is 1. The van der Waals surface area contributed by atoms with Crippen molar-refractivity contribution in [3.63, 3.8) is 0 Å². The molecule has 1 saturated carbocycles. The Hall–Kier alpha value is -0.0800. The highest BCUT2D eigenvalue weighted by Gasteiger charge is 2.28. The van der Waals surface area contributed by atoms with Gasteiger partial charge >= 0.3 is 0 Å². The molecule has 2 heteroatoms. The molecule has 0 radical (unpaired) electrons. The summed E-state index contributed by atoms with van der Waals surface area (Å²) < 4.78 is 0. The first-order valence-electron chi connectivity index (χ1n) is 7.61. The molecule has 2 rings (SSSR count). The molecule has 2 fully saturated rings. The van der Waals surface area contributed by atoms with E-state index in [0.29, 0.717) is 0 Å². The Kier molecular flexibility index (Phi) is 4.87. The molecule has 1 aliphatic carbocycles. The number of rotatable bonds is 2. The summed E-state index contributed by atoms with van der Waals surface area (Å²) in [7, 11) is 0. The molecule has 100 valence electrons. The van der Waals surface area contributed by atoms with E-state index >= 15 is 0 Å². The molecule has 1 aliphatic heterocycles. The van der Waals surface area contributed by atoms with E-state index in [2.05, 4.69) is 31.0 Å². The minimum Gasteiger partial charge on any atom is -0.316 e. The lowest BCUT2D eigenvalue weighted by molar-refractivity contribution is 0.106. The van der Waals surface area contributed by atoms with Crippen LogP contribution in [-0.4, -0.2) is 37.1 Å². The number of hydrogen-bond acceptors (Lipinski definition) is 2. The maximum atomic E-state index is 3.59. The summed E-state index contributed by atoms with van der Waals surface area (Å²) >= 11 is 0.